The van der Waals surface area contributed by atoms with Crippen molar-refractivity contribution in [2.24, 2.45) is 5.41 Å². The second-order valence-corrected chi connectivity index (χ2v) is 9.03. The van der Waals surface area contributed by atoms with Crippen molar-refractivity contribution in [3.8, 4) is 0 Å². The van der Waals surface area contributed by atoms with Crippen LogP contribution < -0.4 is 0 Å². The number of esters is 1. The van der Waals surface area contributed by atoms with Crippen LogP contribution in [0.3, 0.4) is 0 Å². The second kappa shape index (κ2) is 8.51. The van der Waals surface area contributed by atoms with Crippen LogP contribution in [0.1, 0.15) is 49.7 Å². The van der Waals surface area contributed by atoms with Crippen LogP contribution in [0, 0.1) is 11.2 Å². The van der Waals surface area contributed by atoms with E-state index in [1.807, 2.05) is 24.3 Å². The molecule has 0 aromatic heterocycles. The first kappa shape index (κ1) is 20.9. The molecule has 1 aliphatic heterocycles. The van der Waals surface area contributed by atoms with Crippen LogP contribution in [-0.2, 0) is 9.53 Å². The van der Waals surface area contributed by atoms with Gasteiger partial charge >= 0.3 is 5.97 Å². The molecule has 2 atom stereocenters. The number of ether oxygens (including phenoxy) is 1. The molecule has 1 saturated carbocycles. The van der Waals surface area contributed by atoms with Gasteiger partial charge in [-0.15, -0.1) is 0 Å². The summed E-state index contributed by atoms with van der Waals surface area (Å²) in [6.07, 6.45) is 10.0. The van der Waals surface area contributed by atoms with E-state index in [1.54, 1.807) is 0 Å². The maximum absolute atomic E-state index is 13.7. The van der Waals surface area contributed by atoms with Gasteiger partial charge in [-0.05, 0) is 65.0 Å². The Morgan fingerprint density at radius 3 is 2.41 bits per heavy atom. The van der Waals surface area contributed by atoms with Crippen LogP contribution in [0.25, 0.3) is 11.1 Å². The van der Waals surface area contributed by atoms with Gasteiger partial charge in [0.25, 0.3) is 0 Å². The molecular formula is C28H27FO3. The fourth-order valence-corrected chi connectivity index (χ4v) is 5.51. The summed E-state index contributed by atoms with van der Waals surface area (Å²) in [6.45, 7) is 0. The smallest absolute Gasteiger partial charge is 0.309 e. The zero-order valence-electron chi connectivity index (χ0n) is 18.0. The molecule has 4 heteroatoms. The predicted molar refractivity (Wildman–Crippen MR) is 123 cm³/mol. The third-order valence-electron chi connectivity index (χ3n) is 6.97. The van der Waals surface area contributed by atoms with Crippen molar-refractivity contribution >= 4 is 17.1 Å². The van der Waals surface area contributed by atoms with Gasteiger partial charge < -0.3 is 9.84 Å². The molecule has 1 spiro atoms. The fraction of sp³-hybridized carbons (Fsp3) is 0.321. The fourth-order valence-electron chi connectivity index (χ4n) is 5.51. The van der Waals surface area contributed by atoms with E-state index in [1.165, 1.54) is 28.8 Å². The molecule has 0 radical (unpaired) electrons. The number of allylic oxidation sites excluding steroid dienone is 5. The molecule has 1 heterocycles. The predicted octanol–water partition coefficient (Wildman–Crippen LogP) is 5.86. The van der Waals surface area contributed by atoms with Crippen molar-refractivity contribution in [3.63, 3.8) is 0 Å². The average Bonchev–Trinajstić information content (AvgIpc) is 3.39. The summed E-state index contributed by atoms with van der Waals surface area (Å²) >= 11 is 0. The number of aliphatic hydroxyl groups excluding tert-OH is 1. The van der Waals surface area contributed by atoms with Crippen molar-refractivity contribution in [1.82, 2.24) is 0 Å². The monoisotopic (exact) mass is 430 g/mol. The summed E-state index contributed by atoms with van der Waals surface area (Å²) in [5.41, 5.74) is 5.65. The topological polar surface area (TPSA) is 46.5 Å². The largest absolute Gasteiger partial charge is 0.458 e. The van der Waals surface area contributed by atoms with Crippen molar-refractivity contribution in [2.45, 2.75) is 50.7 Å². The van der Waals surface area contributed by atoms with E-state index in [9.17, 15) is 14.3 Å². The van der Waals surface area contributed by atoms with Crippen LogP contribution in [0.2, 0.25) is 0 Å². The molecule has 164 valence electrons. The summed E-state index contributed by atoms with van der Waals surface area (Å²) in [5.74, 6) is -0.619. The third-order valence-corrected chi connectivity index (χ3v) is 6.97. The minimum atomic E-state index is -0.668. The first-order valence-corrected chi connectivity index (χ1v) is 11.4. The van der Waals surface area contributed by atoms with E-state index in [0.717, 1.165) is 36.8 Å². The van der Waals surface area contributed by atoms with Crippen LogP contribution in [0.5, 0.6) is 0 Å². The summed E-state index contributed by atoms with van der Waals surface area (Å²) in [7, 11) is 0. The number of aliphatic hydroxyl groups is 1. The summed E-state index contributed by atoms with van der Waals surface area (Å²) < 4.78 is 19.1. The highest BCUT2D eigenvalue weighted by Gasteiger charge is 2.45. The van der Waals surface area contributed by atoms with Crippen LogP contribution in [0.15, 0.2) is 78.4 Å². The molecule has 2 aromatic carbocycles. The molecule has 2 aromatic rings. The van der Waals surface area contributed by atoms with Gasteiger partial charge in [0.2, 0.25) is 0 Å². The van der Waals surface area contributed by atoms with E-state index in [-0.39, 0.29) is 23.6 Å². The Morgan fingerprint density at radius 1 is 1.00 bits per heavy atom. The van der Waals surface area contributed by atoms with Crippen molar-refractivity contribution in [3.05, 3.63) is 95.3 Å². The summed E-state index contributed by atoms with van der Waals surface area (Å²) in [4.78, 5) is 11.8. The highest BCUT2D eigenvalue weighted by molar-refractivity contribution is 5.96. The second-order valence-electron chi connectivity index (χ2n) is 9.03. The molecule has 32 heavy (non-hydrogen) atoms. The van der Waals surface area contributed by atoms with Gasteiger partial charge in [-0.25, -0.2) is 4.39 Å². The molecule has 5 rings (SSSR count). The standard InChI is InChI=1S/C28H27FO3/c29-21-10-8-19(9-11-21)24-18-26(20-6-2-1-3-7-20)28(14-4-5-15-28)25(24)13-12-23-16-22(30)17-27(31)32-23/h1-3,6-13,18,22-23,30H,4-5,14-17H2/b13-12+/t22-,23-/m1/s1. The van der Waals surface area contributed by atoms with E-state index < -0.39 is 12.2 Å². The molecule has 0 bridgehead atoms. The van der Waals surface area contributed by atoms with Gasteiger partial charge in [0.05, 0.1) is 12.5 Å². The zero-order valence-corrected chi connectivity index (χ0v) is 18.0. The van der Waals surface area contributed by atoms with Crippen molar-refractivity contribution < 1.29 is 19.0 Å². The minimum Gasteiger partial charge on any atom is -0.458 e. The molecule has 0 amide bonds. The van der Waals surface area contributed by atoms with Crippen LogP contribution >= 0.6 is 0 Å². The number of halogens is 1. The Labute approximate surface area is 187 Å². The maximum atomic E-state index is 13.7. The number of carbonyl (C=O) groups excluding carboxylic acids is 1. The van der Waals surface area contributed by atoms with E-state index in [4.69, 9.17) is 4.74 Å². The molecule has 3 aliphatic rings. The van der Waals surface area contributed by atoms with Gasteiger partial charge in [0.15, 0.2) is 0 Å². The van der Waals surface area contributed by atoms with Crippen molar-refractivity contribution in [1.29, 1.82) is 0 Å². The summed E-state index contributed by atoms with van der Waals surface area (Å²) in [6, 6.07) is 17.1. The molecule has 3 nitrogen and oxygen atoms in total. The Morgan fingerprint density at radius 2 is 1.72 bits per heavy atom. The average molecular weight is 431 g/mol. The molecule has 2 fully saturated rings. The van der Waals surface area contributed by atoms with Gasteiger partial charge in [-0.2, -0.15) is 0 Å². The number of cyclic esters (lactones) is 1. The Balaban J connectivity index is 1.61. The van der Waals surface area contributed by atoms with E-state index in [0.29, 0.717) is 6.42 Å². The van der Waals surface area contributed by atoms with Crippen LogP contribution in [0.4, 0.5) is 4.39 Å². The van der Waals surface area contributed by atoms with Crippen molar-refractivity contribution in [2.75, 3.05) is 0 Å². The van der Waals surface area contributed by atoms with E-state index >= 15 is 0 Å². The quantitative estimate of drug-likeness (QED) is 0.618. The maximum Gasteiger partial charge on any atom is 0.309 e. The highest BCUT2D eigenvalue weighted by Crippen LogP contribution is 2.59. The molecule has 2 aliphatic carbocycles. The Kier molecular flexibility index (Phi) is 5.56. The SMILES string of the molecule is O=C1C[C@H](O)C[C@@H](/C=C/C2=C(c3ccc(F)cc3)C=C(c3ccccc3)C23CCCC3)O1. The molecule has 0 unspecified atom stereocenters. The van der Waals surface area contributed by atoms with Gasteiger partial charge in [-0.1, -0.05) is 61.4 Å². The number of hydrogen-bond donors (Lipinski definition) is 1. The van der Waals surface area contributed by atoms with Gasteiger partial charge in [0, 0.05) is 11.8 Å². The number of rotatable bonds is 4. The molecule has 1 saturated heterocycles. The summed E-state index contributed by atoms with van der Waals surface area (Å²) in [5, 5.41) is 10.0. The Bertz CT molecular complexity index is 1090. The first-order valence-electron chi connectivity index (χ1n) is 11.4. The lowest BCUT2D eigenvalue weighted by atomic mass is 9.72. The zero-order chi connectivity index (χ0) is 22.1. The van der Waals surface area contributed by atoms with Crippen LogP contribution in [-0.4, -0.2) is 23.3 Å². The van der Waals surface area contributed by atoms with Gasteiger partial charge in [0.1, 0.15) is 11.9 Å². The number of hydrogen-bond acceptors (Lipinski definition) is 3. The third kappa shape index (κ3) is 3.84. The first-order chi connectivity index (χ1) is 15.5. The van der Waals surface area contributed by atoms with Gasteiger partial charge in [-0.3, -0.25) is 4.79 Å². The Hall–Kier alpha value is -2.98. The lowest BCUT2D eigenvalue weighted by Gasteiger charge is -2.31. The molecule has 1 N–H and O–H groups in total. The van der Waals surface area contributed by atoms with E-state index in [2.05, 4.69) is 36.4 Å². The lowest BCUT2D eigenvalue weighted by Crippen LogP contribution is -2.31. The highest BCUT2D eigenvalue weighted by atomic mass is 19.1. The normalized spacial score (nSPS) is 24.9. The molecular weight excluding hydrogens is 403 g/mol. The number of carbonyl (C=O) groups is 1. The lowest BCUT2D eigenvalue weighted by molar-refractivity contribution is -0.156. The minimum absolute atomic E-state index is 0.0531. The number of benzene rings is 2.